The first-order valence-electron chi connectivity index (χ1n) is 13.1. The fourth-order valence-corrected chi connectivity index (χ4v) is 5.87. The van der Waals surface area contributed by atoms with Gasteiger partial charge in [-0.25, -0.2) is 15.0 Å². The molecule has 5 aromatic rings. The number of nitrogens with zero attached hydrogens (tertiary/aromatic N) is 8. The maximum Gasteiger partial charge on any atom is 0.246 e. The molecule has 40 heavy (non-hydrogen) atoms. The van der Waals surface area contributed by atoms with Crippen LogP contribution in [0.4, 0.5) is 16.5 Å². The van der Waals surface area contributed by atoms with E-state index in [0.29, 0.717) is 22.3 Å². The van der Waals surface area contributed by atoms with Gasteiger partial charge in [0.2, 0.25) is 5.91 Å². The molecule has 0 radical (unpaired) electrons. The minimum atomic E-state index is -0.222. The summed E-state index contributed by atoms with van der Waals surface area (Å²) in [6.45, 7) is 7.43. The molecular formula is C27H29ClN10OS. The molecule has 11 nitrogen and oxygen atoms in total. The Kier molecular flexibility index (Phi) is 7.46. The van der Waals surface area contributed by atoms with Crippen molar-refractivity contribution in [1.82, 2.24) is 38.4 Å². The summed E-state index contributed by atoms with van der Waals surface area (Å²) in [4.78, 5) is 28.3. The van der Waals surface area contributed by atoms with Crippen LogP contribution in [0.5, 0.6) is 0 Å². The Hall–Kier alpha value is -3.87. The van der Waals surface area contributed by atoms with E-state index in [9.17, 15) is 4.79 Å². The smallest absolute Gasteiger partial charge is 0.246 e. The van der Waals surface area contributed by atoms with Crippen LogP contribution in [0.1, 0.15) is 31.2 Å². The number of amides is 1. The quantitative estimate of drug-likeness (QED) is 0.247. The number of carbonyl (C=O) groups excluding carboxylic acids is 1. The largest absolute Gasteiger partial charge is 0.328 e. The van der Waals surface area contributed by atoms with Crippen molar-refractivity contribution in [1.29, 1.82) is 0 Å². The average molecular weight is 577 g/mol. The number of carbonyl (C=O) groups is 1. The number of nitrogens with one attached hydrogen (secondary N) is 2. The number of rotatable bonds is 8. The van der Waals surface area contributed by atoms with Crippen LogP contribution in [0.3, 0.4) is 0 Å². The summed E-state index contributed by atoms with van der Waals surface area (Å²) in [6.07, 6.45) is 11.4. The van der Waals surface area contributed by atoms with Gasteiger partial charge in [0.1, 0.15) is 16.7 Å². The molecule has 0 saturated carbocycles. The molecule has 6 rings (SSSR count). The molecule has 6 heterocycles. The number of aryl methyl sites for hydroxylation is 1. The van der Waals surface area contributed by atoms with E-state index in [1.807, 2.05) is 23.7 Å². The molecule has 1 unspecified atom stereocenters. The van der Waals surface area contributed by atoms with Gasteiger partial charge in [-0.2, -0.15) is 9.47 Å². The summed E-state index contributed by atoms with van der Waals surface area (Å²) < 4.78 is 8.25. The van der Waals surface area contributed by atoms with Crippen molar-refractivity contribution in [2.75, 3.05) is 23.7 Å². The highest BCUT2D eigenvalue weighted by atomic mass is 35.5. The summed E-state index contributed by atoms with van der Waals surface area (Å²) in [5.74, 6) is 1.18. The van der Waals surface area contributed by atoms with E-state index >= 15 is 0 Å². The molecule has 1 aliphatic rings. The molecule has 0 spiro atoms. The number of hydrogen-bond donors (Lipinski definition) is 2. The van der Waals surface area contributed by atoms with Gasteiger partial charge in [0.05, 0.1) is 29.5 Å². The SMILES string of the molecule is Cc1cn2c(-c3cnn(CC(=O)Nc4ccnc(Cl)c4)c3)cnc2c(Nc2cc(CN3CCCC(C)C3)ns2)n1. The second-order valence-corrected chi connectivity index (χ2v) is 11.4. The summed E-state index contributed by atoms with van der Waals surface area (Å²) in [6, 6.07) is 5.38. The maximum absolute atomic E-state index is 12.5. The predicted molar refractivity (Wildman–Crippen MR) is 156 cm³/mol. The van der Waals surface area contributed by atoms with Gasteiger partial charge in [0.15, 0.2) is 11.5 Å². The van der Waals surface area contributed by atoms with Gasteiger partial charge >= 0.3 is 0 Å². The fraction of sp³-hybridized carbons (Fsp3) is 0.333. The van der Waals surface area contributed by atoms with Crippen molar-refractivity contribution in [3.8, 4) is 11.3 Å². The number of hydrogen-bond acceptors (Lipinski definition) is 9. The summed E-state index contributed by atoms with van der Waals surface area (Å²) in [5.41, 5.74) is 4.86. The molecule has 206 valence electrons. The van der Waals surface area contributed by atoms with E-state index in [2.05, 4.69) is 48.0 Å². The standard InChI is InChI=1S/C27H29ClN10OS/c1-17-4-3-7-36(12-17)15-21-9-25(40-35-21)34-26-27-30-11-22(38(27)13-18(2)32-26)19-10-31-37(14-19)16-24(39)33-20-5-6-29-23(28)8-20/h5-6,8-11,13-14,17H,3-4,7,12,15-16H2,1-2H3,(H,32,34)(H,29,33,39). The lowest BCUT2D eigenvalue weighted by molar-refractivity contribution is -0.116. The van der Waals surface area contributed by atoms with Crippen LogP contribution in [0.2, 0.25) is 5.15 Å². The Bertz CT molecular complexity index is 1660. The topological polar surface area (TPSA) is 118 Å². The molecule has 0 aromatic carbocycles. The zero-order valence-electron chi connectivity index (χ0n) is 22.2. The number of pyridine rings is 1. The number of piperidine rings is 1. The highest BCUT2D eigenvalue weighted by Gasteiger charge is 2.19. The van der Waals surface area contributed by atoms with Crippen molar-refractivity contribution in [2.24, 2.45) is 5.92 Å². The third-order valence-electron chi connectivity index (χ3n) is 6.78. The Morgan fingerprint density at radius 3 is 2.98 bits per heavy atom. The van der Waals surface area contributed by atoms with Crippen LogP contribution in [-0.2, 0) is 17.9 Å². The Labute approximate surface area is 240 Å². The van der Waals surface area contributed by atoms with Gasteiger partial charge < -0.3 is 10.6 Å². The number of likely N-dealkylation sites (tertiary alicyclic amines) is 1. The van der Waals surface area contributed by atoms with Crippen molar-refractivity contribution in [3.05, 3.63) is 65.7 Å². The summed E-state index contributed by atoms with van der Waals surface area (Å²) in [7, 11) is 0. The second-order valence-electron chi connectivity index (χ2n) is 10.2. The normalized spacial score (nSPS) is 15.9. The van der Waals surface area contributed by atoms with Gasteiger partial charge in [-0.3, -0.25) is 18.8 Å². The van der Waals surface area contributed by atoms with Gasteiger partial charge in [0, 0.05) is 42.9 Å². The third kappa shape index (κ3) is 5.98. The second kappa shape index (κ2) is 11.3. The highest BCUT2D eigenvalue weighted by Crippen LogP contribution is 2.28. The summed E-state index contributed by atoms with van der Waals surface area (Å²) in [5, 5.41) is 11.9. The van der Waals surface area contributed by atoms with Crippen molar-refractivity contribution in [2.45, 2.75) is 39.8 Å². The third-order valence-corrected chi connectivity index (χ3v) is 7.73. The Morgan fingerprint density at radius 2 is 2.12 bits per heavy atom. The first kappa shape index (κ1) is 26.4. The molecule has 1 saturated heterocycles. The number of halogens is 1. The molecule has 1 amide bonds. The van der Waals surface area contributed by atoms with Crippen molar-refractivity contribution < 1.29 is 4.79 Å². The average Bonchev–Trinajstić information content (AvgIpc) is 3.64. The van der Waals surface area contributed by atoms with Crippen LogP contribution in [0.25, 0.3) is 16.9 Å². The van der Waals surface area contributed by atoms with E-state index in [-0.39, 0.29) is 12.5 Å². The lowest BCUT2D eigenvalue weighted by atomic mass is 10.0. The molecule has 0 bridgehead atoms. The monoisotopic (exact) mass is 576 g/mol. The molecule has 0 aliphatic carbocycles. The highest BCUT2D eigenvalue weighted by molar-refractivity contribution is 7.10. The number of imidazole rings is 1. The molecule has 1 aliphatic heterocycles. The van der Waals surface area contributed by atoms with E-state index in [4.69, 9.17) is 16.6 Å². The molecule has 5 aromatic heterocycles. The molecule has 2 N–H and O–H groups in total. The van der Waals surface area contributed by atoms with E-state index in [1.54, 1.807) is 35.4 Å². The molecular weight excluding hydrogens is 548 g/mol. The number of fused-ring (bicyclic) bond motifs is 1. The first-order valence-corrected chi connectivity index (χ1v) is 14.3. The molecule has 1 atom stereocenters. The number of anilines is 3. The van der Waals surface area contributed by atoms with Gasteiger partial charge in [-0.05, 0) is 62.0 Å². The molecule has 13 heteroatoms. The van der Waals surface area contributed by atoms with Crippen LogP contribution in [0, 0.1) is 12.8 Å². The molecule has 1 fully saturated rings. The van der Waals surface area contributed by atoms with E-state index in [1.165, 1.54) is 24.4 Å². The van der Waals surface area contributed by atoms with Crippen LogP contribution in [-0.4, -0.2) is 57.4 Å². The van der Waals surface area contributed by atoms with Gasteiger partial charge in [-0.1, -0.05) is 18.5 Å². The minimum Gasteiger partial charge on any atom is -0.328 e. The lowest BCUT2D eigenvalue weighted by Crippen LogP contribution is -2.33. The Balaban J connectivity index is 1.17. The van der Waals surface area contributed by atoms with Gasteiger partial charge in [-0.15, -0.1) is 0 Å². The predicted octanol–water partition coefficient (Wildman–Crippen LogP) is 5.02. The lowest BCUT2D eigenvalue weighted by Gasteiger charge is -2.30. The zero-order chi connectivity index (χ0) is 27.6. The fourth-order valence-electron chi connectivity index (χ4n) is 5.04. The minimum absolute atomic E-state index is 0.0497. The van der Waals surface area contributed by atoms with Crippen LogP contribution in [0.15, 0.2) is 49.2 Å². The maximum atomic E-state index is 12.5. The van der Waals surface area contributed by atoms with Crippen molar-refractivity contribution >= 4 is 51.2 Å². The van der Waals surface area contributed by atoms with Crippen LogP contribution < -0.4 is 10.6 Å². The Morgan fingerprint density at radius 1 is 1.23 bits per heavy atom. The number of aromatic nitrogens is 7. The van der Waals surface area contributed by atoms with Gasteiger partial charge in [0.25, 0.3) is 0 Å². The first-order chi connectivity index (χ1) is 19.4. The van der Waals surface area contributed by atoms with Crippen molar-refractivity contribution in [3.63, 3.8) is 0 Å². The zero-order valence-corrected chi connectivity index (χ0v) is 23.8. The summed E-state index contributed by atoms with van der Waals surface area (Å²) >= 11 is 7.34. The van der Waals surface area contributed by atoms with Crippen LogP contribution >= 0.6 is 23.1 Å². The van der Waals surface area contributed by atoms with E-state index in [0.717, 1.165) is 53.2 Å². The van der Waals surface area contributed by atoms with E-state index < -0.39 is 0 Å².